The second-order valence-electron chi connectivity index (χ2n) is 6.46. The number of ether oxygens (including phenoxy) is 2. The summed E-state index contributed by atoms with van der Waals surface area (Å²) < 4.78 is 10.7. The normalized spacial score (nSPS) is 10.5. The molecule has 1 heterocycles. The first kappa shape index (κ1) is 19.5. The largest absolute Gasteiger partial charge is 0.493 e. The van der Waals surface area contributed by atoms with Gasteiger partial charge in [0.05, 0.1) is 14.2 Å². The second-order valence-corrected chi connectivity index (χ2v) is 6.46. The van der Waals surface area contributed by atoms with Crippen LogP contribution in [0.4, 0.5) is 5.82 Å². The molecule has 0 spiro atoms. The van der Waals surface area contributed by atoms with Crippen LogP contribution in [0.1, 0.15) is 23.2 Å². The number of anilines is 1. The van der Waals surface area contributed by atoms with Crippen molar-refractivity contribution in [2.24, 2.45) is 0 Å². The quantitative estimate of drug-likeness (QED) is 0.593. The van der Waals surface area contributed by atoms with Crippen LogP contribution in [0.25, 0.3) is 0 Å². The molecule has 0 unspecified atom stereocenters. The van der Waals surface area contributed by atoms with Crippen molar-refractivity contribution in [1.82, 2.24) is 10.2 Å². The zero-order valence-electron chi connectivity index (χ0n) is 16.2. The highest BCUT2D eigenvalue weighted by Gasteiger charge is 2.12. The molecule has 2 N–H and O–H groups in total. The number of aryl methyl sites for hydroxylation is 3. The van der Waals surface area contributed by atoms with Gasteiger partial charge in [-0.05, 0) is 36.5 Å². The van der Waals surface area contributed by atoms with Crippen LogP contribution >= 0.6 is 0 Å². The van der Waals surface area contributed by atoms with Crippen LogP contribution < -0.4 is 14.8 Å². The van der Waals surface area contributed by atoms with E-state index < -0.39 is 0 Å². The van der Waals surface area contributed by atoms with E-state index in [-0.39, 0.29) is 5.91 Å². The monoisotopic (exact) mass is 379 g/mol. The summed E-state index contributed by atoms with van der Waals surface area (Å²) in [5, 5.41) is 10.0. The van der Waals surface area contributed by atoms with Crippen molar-refractivity contribution < 1.29 is 14.3 Å². The SMILES string of the molecule is COc1cccc(CCC(=O)Nc2cc(CCc3ccccc3)[nH]n2)c1OC. The zero-order valence-corrected chi connectivity index (χ0v) is 16.2. The molecule has 0 aliphatic carbocycles. The number of para-hydroxylation sites is 1. The minimum Gasteiger partial charge on any atom is -0.493 e. The number of aromatic nitrogens is 2. The molecule has 0 saturated heterocycles. The van der Waals surface area contributed by atoms with Crippen molar-refractivity contribution >= 4 is 11.7 Å². The van der Waals surface area contributed by atoms with E-state index in [1.54, 1.807) is 14.2 Å². The Bertz CT molecular complexity index is 906. The molecule has 0 fully saturated rings. The van der Waals surface area contributed by atoms with Gasteiger partial charge in [0.1, 0.15) is 0 Å². The molecule has 0 aliphatic rings. The van der Waals surface area contributed by atoms with Gasteiger partial charge in [0.15, 0.2) is 17.3 Å². The molecule has 0 saturated carbocycles. The number of aromatic amines is 1. The Labute approximate surface area is 164 Å². The molecule has 0 atom stereocenters. The van der Waals surface area contributed by atoms with Crippen molar-refractivity contribution in [3.05, 3.63) is 71.4 Å². The number of methoxy groups -OCH3 is 2. The lowest BCUT2D eigenvalue weighted by Gasteiger charge is -2.12. The van der Waals surface area contributed by atoms with Gasteiger partial charge < -0.3 is 14.8 Å². The smallest absolute Gasteiger partial charge is 0.225 e. The van der Waals surface area contributed by atoms with Gasteiger partial charge in [-0.3, -0.25) is 9.89 Å². The summed E-state index contributed by atoms with van der Waals surface area (Å²) in [4.78, 5) is 12.3. The maximum atomic E-state index is 12.3. The molecule has 1 aromatic heterocycles. The van der Waals surface area contributed by atoms with Gasteiger partial charge in [-0.1, -0.05) is 42.5 Å². The second kappa shape index (κ2) is 9.60. The highest BCUT2D eigenvalue weighted by Crippen LogP contribution is 2.31. The number of hydrogen-bond donors (Lipinski definition) is 2. The average molecular weight is 379 g/mol. The standard InChI is InChI=1S/C22H25N3O3/c1-27-19-10-6-9-17(22(19)28-2)12-14-21(26)23-20-15-18(24-25-20)13-11-16-7-4-3-5-8-16/h3-10,15H,11-14H2,1-2H3,(H2,23,24,25,26). The van der Waals surface area contributed by atoms with Crippen LogP contribution in [0.15, 0.2) is 54.6 Å². The van der Waals surface area contributed by atoms with Crippen LogP contribution in [0.5, 0.6) is 11.5 Å². The first-order valence-corrected chi connectivity index (χ1v) is 9.27. The molecule has 3 aromatic rings. The molecule has 0 radical (unpaired) electrons. The summed E-state index contributed by atoms with van der Waals surface area (Å²) in [6.07, 6.45) is 2.65. The van der Waals surface area contributed by atoms with Gasteiger partial charge in [-0.2, -0.15) is 5.10 Å². The highest BCUT2D eigenvalue weighted by atomic mass is 16.5. The molecular weight excluding hydrogens is 354 g/mol. The van der Waals surface area contributed by atoms with Gasteiger partial charge in [-0.25, -0.2) is 0 Å². The van der Waals surface area contributed by atoms with E-state index in [0.717, 1.165) is 24.1 Å². The van der Waals surface area contributed by atoms with E-state index in [9.17, 15) is 4.79 Å². The number of nitrogens with one attached hydrogen (secondary N) is 2. The Morgan fingerprint density at radius 3 is 2.57 bits per heavy atom. The first-order chi connectivity index (χ1) is 13.7. The number of carbonyl (C=O) groups is 1. The lowest BCUT2D eigenvalue weighted by molar-refractivity contribution is -0.116. The number of carbonyl (C=O) groups excluding carboxylic acids is 1. The van der Waals surface area contributed by atoms with Crippen LogP contribution in [-0.4, -0.2) is 30.3 Å². The van der Waals surface area contributed by atoms with Gasteiger partial charge in [0, 0.05) is 18.2 Å². The van der Waals surface area contributed by atoms with Crippen molar-refractivity contribution in [1.29, 1.82) is 0 Å². The summed E-state index contributed by atoms with van der Waals surface area (Å²) in [6, 6.07) is 17.8. The third-order valence-corrected chi connectivity index (χ3v) is 4.53. The molecule has 0 bridgehead atoms. The van der Waals surface area contributed by atoms with Crippen molar-refractivity contribution in [2.45, 2.75) is 25.7 Å². The molecule has 6 nitrogen and oxygen atoms in total. The van der Waals surface area contributed by atoms with Gasteiger partial charge in [0.25, 0.3) is 0 Å². The lowest BCUT2D eigenvalue weighted by Crippen LogP contribution is -2.13. The molecule has 6 heteroatoms. The van der Waals surface area contributed by atoms with Gasteiger partial charge >= 0.3 is 0 Å². The maximum Gasteiger partial charge on any atom is 0.225 e. The topological polar surface area (TPSA) is 76.2 Å². The van der Waals surface area contributed by atoms with Crippen molar-refractivity contribution in [3.63, 3.8) is 0 Å². The van der Waals surface area contributed by atoms with Crippen molar-refractivity contribution in [3.8, 4) is 11.5 Å². The number of H-pyrrole nitrogens is 1. The van der Waals surface area contributed by atoms with Crippen molar-refractivity contribution in [2.75, 3.05) is 19.5 Å². The van der Waals surface area contributed by atoms with E-state index in [1.807, 2.05) is 42.5 Å². The third kappa shape index (κ3) is 5.13. The Kier molecular flexibility index (Phi) is 6.68. The molecule has 146 valence electrons. The molecule has 1 amide bonds. The number of nitrogens with zero attached hydrogens (tertiary/aromatic N) is 1. The molecule has 28 heavy (non-hydrogen) atoms. The average Bonchev–Trinajstić information content (AvgIpc) is 3.18. The summed E-state index contributed by atoms with van der Waals surface area (Å²) in [5.74, 6) is 1.79. The minimum absolute atomic E-state index is 0.0917. The third-order valence-electron chi connectivity index (χ3n) is 4.53. The van der Waals surface area contributed by atoms with E-state index in [4.69, 9.17) is 9.47 Å². The summed E-state index contributed by atoms with van der Waals surface area (Å²) >= 11 is 0. The number of rotatable bonds is 9. The lowest BCUT2D eigenvalue weighted by atomic mass is 10.1. The summed E-state index contributed by atoms with van der Waals surface area (Å²) in [7, 11) is 3.20. The molecule has 3 rings (SSSR count). The zero-order chi connectivity index (χ0) is 19.8. The Morgan fingerprint density at radius 2 is 1.82 bits per heavy atom. The molecule has 2 aromatic carbocycles. The van der Waals surface area contributed by atoms with E-state index in [2.05, 4.69) is 27.6 Å². The number of amides is 1. The first-order valence-electron chi connectivity index (χ1n) is 9.27. The Morgan fingerprint density at radius 1 is 1.00 bits per heavy atom. The highest BCUT2D eigenvalue weighted by molar-refractivity contribution is 5.89. The van der Waals surface area contributed by atoms with E-state index in [0.29, 0.717) is 30.2 Å². The number of benzene rings is 2. The maximum absolute atomic E-state index is 12.3. The minimum atomic E-state index is -0.0917. The predicted molar refractivity (Wildman–Crippen MR) is 109 cm³/mol. The van der Waals surface area contributed by atoms with E-state index >= 15 is 0 Å². The predicted octanol–water partition coefficient (Wildman–Crippen LogP) is 3.78. The van der Waals surface area contributed by atoms with E-state index in [1.165, 1.54) is 5.56 Å². The van der Waals surface area contributed by atoms with Crippen LogP contribution in [0, 0.1) is 0 Å². The molecule has 0 aliphatic heterocycles. The number of hydrogen-bond acceptors (Lipinski definition) is 4. The fraction of sp³-hybridized carbons (Fsp3) is 0.273. The van der Waals surface area contributed by atoms with Crippen LogP contribution in [-0.2, 0) is 24.1 Å². The van der Waals surface area contributed by atoms with Gasteiger partial charge in [0.2, 0.25) is 5.91 Å². The van der Waals surface area contributed by atoms with Gasteiger partial charge in [-0.15, -0.1) is 0 Å². The fourth-order valence-corrected chi connectivity index (χ4v) is 3.08. The fourth-order valence-electron chi connectivity index (χ4n) is 3.08. The van der Waals surface area contributed by atoms with Crippen LogP contribution in [0.2, 0.25) is 0 Å². The Balaban J connectivity index is 1.51. The van der Waals surface area contributed by atoms with Crippen LogP contribution in [0.3, 0.4) is 0 Å². The molecular formula is C22H25N3O3. The summed E-state index contributed by atoms with van der Waals surface area (Å²) in [6.45, 7) is 0. The Hall–Kier alpha value is -3.28. The summed E-state index contributed by atoms with van der Waals surface area (Å²) in [5.41, 5.74) is 3.20.